The van der Waals surface area contributed by atoms with Crippen LogP contribution in [0.1, 0.15) is 23.2 Å². The second kappa shape index (κ2) is 8.04. The molecular weight excluding hydrogens is 429 g/mol. The number of thiazole rings is 1. The van der Waals surface area contributed by atoms with E-state index in [1.165, 1.54) is 36.5 Å². The van der Waals surface area contributed by atoms with Crippen LogP contribution in [0.25, 0.3) is 0 Å². The van der Waals surface area contributed by atoms with Crippen LogP contribution in [0.3, 0.4) is 0 Å². The maximum atomic E-state index is 14.2. The first-order valence-corrected chi connectivity index (χ1v) is 10.3. The zero-order chi connectivity index (χ0) is 21.3. The van der Waals surface area contributed by atoms with Crippen LogP contribution in [0.2, 0.25) is 5.02 Å². The van der Waals surface area contributed by atoms with Gasteiger partial charge in [0.15, 0.2) is 0 Å². The van der Waals surface area contributed by atoms with Crippen molar-refractivity contribution in [3.05, 3.63) is 81.0 Å². The number of benzene rings is 2. The summed E-state index contributed by atoms with van der Waals surface area (Å²) in [6.45, 7) is 1.74. The Morgan fingerprint density at radius 2 is 1.93 bits per heavy atom. The van der Waals surface area contributed by atoms with Crippen molar-refractivity contribution in [2.24, 2.45) is 0 Å². The van der Waals surface area contributed by atoms with Crippen LogP contribution in [0.5, 0.6) is 5.75 Å². The molecule has 0 saturated carbocycles. The number of nitrogens with one attached hydrogen (secondary N) is 1. The Kier molecular flexibility index (Phi) is 5.44. The molecule has 1 atom stereocenters. The average molecular weight is 446 g/mol. The van der Waals surface area contributed by atoms with E-state index in [0.29, 0.717) is 21.5 Å². The molecule has 1 unspecified atom stereocenters. The number of nitrogens with zero attached hydrogens (tertiary/aromatic N) is 2. The first-order valence-electron chi connectivity index (χ1n) is 9.07. The minimum absolute atomic E-state index is 0.00778. The van der Waals surface area contributed by atoms with Gasteiger partial charge in [-0.2, -0.15) is 0 Å². The van der Waals surface area contributed by atoms with E-state index in [1.54, 1.807) is 35.7 Å². The van der Waals surface area contributed by atoms with Gasteiger partial charge >= 0.3 is 6.03 Å². The summed E-state index contributed by atoms with van der Waals surface area (Å²) in [6, 6.07) is 12.3. The summed E-state index contributed by atoms with van der Waals surface area (Å²) >= 11 is 7.22. The van der Waals surface area contributed by atoms with Gasteiger partial charge < -0.3 is 10.1 Å². The van der Waals surface area contributed by atoms with Crippen molar-refractivity contribution in [1.82, 2.24) is 15.2 Å². The van der Waals surface area contributed by atoms with Gasteiger partial charge in [-0.1, -0.05) is 29.8 Å². The molecule has 1 aliphatic rings. The van der Waals surface area contributed by atoms with E-state index in [4.69, 9.17) is 16.3 Å². The number of imide groups is 1. The van der Waals surface area contributed by atoms with Gasteiger partial charge in [0.25, 0.3) is 5.91 Å². The summed E-state index contributed by atoms with van der Waals surface area (Å²) in [6.07, 6.45) is 0. The Labute approximate surface area is 181 Å². The standard InChI is InChI=1S/C21H17ClFN3O3S/c1-21(16-4-2-3-5-17(16)23)19(27)26(20(28)25-21)10-14-12-30-18(24-14)11-29-15-8-6-13(22)7-9-15/h2-9,12H,10-11H2,1H3,(H,25,28). The van der Waals surface area contributed by atoms with Crippen LogP contribution >= 0.6 is 22.9 Å². The zero-order valence-electron chi connectivity index (χ0n) is 15.9. The Bertz CT molecular complexity index is 1100. The highest BCUT2D eigenvalue weighted by Gasteiger charge is 2.50. The van der Waals surface area contributed by atoms with Crippen LogP contribution in [0, 0.1) is 5.82 Å². The molecule has 6 nitrogen and oxygen atoms in total. The molecule has 0 aliphatic carbocycles. The molecule has 0 radical (unpaired) electrons. The lowest BCUT2D eigenvalue weighted by Gasteiger charge is -2.22. The third-order valence-electron chi connectivity index (χ3n) is 4.78. The number of amides is 3. The van der Waals surface area contributed by atoms with Crippen molar-refractivity contribution >= 4 is 34.9 Å². The van der Waals surface area contributed by atoms with Gasteiger partial charge in [0, 0.05) is 16.0 Å². The predicted octanol–water partition coefficient (Wildman–Crippen LogP) is 4.48. The molecule has 30 heavy (non-hydrogen) atoms. The average Bonchev–Trinajstić information content (AvgIpc) is 3.26. The Morgan fingerprint density at radius 3 is 2.67 bits per heavy atom. The Balaban J connectivity index is 1.44. The molecule has 3 aromatic rings. The van der Waals surface area contributed by atoms with Gasteiger partial charge in [-0.3, -0.25) is 9.69 Å². The summed E-state index contributed by atoms with van der Waals surface area (Å²) < 4.78 is 19.9. The second-order valence-electron chi connectivity index (χ2n) is 6.90. The van der Waals surface area contributed by atoms with Crippen molar-refractivity contribution in [2.45, 2.75) is 25.6 Å². The molecule has 1 fully saturated rings. The number of carbonyl (C=O) groups is 2. The highest BCUT2D eigenvalue weighted by Crippen LogP contribution is 2.31. The van der Waals surface area contributed by atoms with Crippen LogP contribution in [-0.4, -0.2) is 21.8 Å². The zero-order valence-corrected chi connectivity index (χ0v) is 17.5. The molecule has 9 heteroatoms. The molecule has 1 aromatic heterocycles. The number of ether oxygens (including phenoxy) is 1. The normalized spacial score (nSPS) is 18.6. The number of carbonyl (C=O) groups excluding carboxylic acids is 2. The largest absolute Gasteiger partial charge is 0.486 e. The lowest BCUT2D eigenvalue weighted by Crippen LogP contribution is -2.41. The molecule has 1 saturated heterocycles. The fraction of sp³-hybridized carbons (Fsp3) is 0.190. The van der Waals surface area contributed by atoms with Gasteiger partial charge in [-0.15, -0.1) is 11.3 Å². The first-order chi connectivity index (χ1) is 14.4. The van der Waals surface area contributed by atoms with Crippen molar-refractivity contribution in [2.75, 3.05) is 0 Å². The summed E-state index contributed by atoms with van der Waals surface area (Å²) in [4.78, 5) is 30.9. The van der Waals surface area contributed by atoms with Crippen LogP contribution in [0.4, 0.5) is 9.18 Å². The van der Waals surface area contributed by atoms with Gasteiger partial charge in [-0.25, -0.2) is 14.2 Å². The second-order valence-corrected chi connectivity index (χ2v) is 8.28. The molecule has 1 N–H and O–H groups in total. The van der Waals surface area contributed by atoms with Crippen LogP contribution in [-0.2, 0) is 23.5 Å². The molecule has 1 aliphatic heterocycles. The van der Waals surface area contributed by atoms with Gasteiger partial charge in [0.2, 0.25) is 0 Å². The highest BCUT2D eigenvalue weighted by atomic mass is 35.5. The van der Waals surface area contributed by atoms with Gasteiger partial charge in [0.1, 0.15) is 28.7 Å². The van der Waals surface area contributed by atoms with Gasteiger partial charge in [-0.05, 0) is 37.3 Å². The van der Waals surface area contributed by atoms with E-state index >= 15 is 0 Å². The van der Waals surface area contributed by atoms with E-state index in [9.17, 15) is 14.0 Å². The van der Waals surface area contributed by atoms with E-state index in [2.05, 4.69) is 10.3 Å². The fourth-order valence-electron chi connectivity index (χ4n) is 3.22. The monoisotopic (exact) mass is 445 g/mol. The number of hydrogen-bond acceptors (Lipinski definition) is 5. The fourth-order valence-corrected chi connectivity index (χ4v) is 4.04. The van der Waals surface area contributed by atoms with Crippen molar-refractivity contribution in [1.29, 1.82) is 0 Å². The predicted molar refractivity (Wildman–Crippen MR) is 111 cm³/mol. The van der Waals surface area contributed by atoms with Gasteiger partial charge in [0.05, 0.1) is 12.2 Å². The number of halogens is 2. The van der Waals surface area contributed by atoms with Crippen molar-refractivity contribution < 1.29 is 18.7 Å². The molecule has 3 amide bonds. The maximum Gasteiger partial charge on any atom is 0.325 e. The summed E-state index contributed by atoms with van der Waals surface area (Å²) in [5, 5.41) is 5.69. The topological polar surface area (TPSA) is 71.5 Å². The van der Waals surface area contributed by atoms with Crippen molar-refractivity contribution in [3.63, 3.8) is 0 Å². The quantitative estimate of drug-likeness (QED) is 0.568. The maximum absolute atomic E-state index is 14.2. The SMILES string of the molecule is CC1(c2ccccc2F)NC(=O)N(Cc2csc(COc3ccc(Cl)cc3)n2)C1=O. The summed E-state index contributed by atoms with van der Waals surface area (Å²) in [5.41, 5.74) is -0.781. The molecular formula is C21H17ClFN3O3S. The van der Waals surface area contributed by atoms with Crippen LogP contribution < -0.4 is 10.1 Å². The minimum Gasteiger partial charge on any atom is -0.486 e. The molecule has 0 spiro atoms. The van der Waals surface area contributed by atoms with Crippen molar-refractivity contribution in [3.8, 4) is 5.75 Å². The number of urea groups is 1. The number of aromatic nitrogens is 1. The minimum atomic E-state index is -1.46. The lowest BCUT2D eigenvalue weighted by molar-refractivity contribution is -0.131. The van der Waals surface area contributed by atoms with Crippen LogP contribution in [0.15, 0.2) is 53.9 Å². The number of hydrogen-bond donors (Lipinski definition) is 1. The Morgan fingerprint density at radius 1 is 1.20 bits per heavy atom. The van der Waals surface area contributed by atoms with E-state index in [1.807, 2.05) is 0 Å². The first kappa shape index (κ1) is 20.3. The molecule has 4 rings (SSSR count). The summed E-state index contributed by atoms with van der Waals surface area (Å²) in [5.74, 6) is -0.416. The lowest BCUT2D eigenvalue weighted by atomic mass is 9.91. The third kappa shape index (κ3) is 3.88. The highest BCUT2D eigenvalue weighted by molar-refractivity contribution is 7.09. The molecule has 2 aromatic carbocycles. The smallest absolute Gasteiger partial charge is 0.325 e. The van der Waals surface area contributed by atoms with E-state index in [-0.39, 0.29) is 18.7 Å². The third-order valence-corrected chi connectivity index (χ3v) is 5.91. The molecule has 0 bridgehead atoms. The number of rotatable bonds is 6. The molecule has 154 valence electrons. The van der Waals surface area contributed by atoms with E-state index < -0.39 is 23.3 Å². The summed E-state index contributed by atoms with van der Waals surface area (Å²) in [7, 11) is 0. The molecule has 2 heterocycles. The van der Waals surface area contributed by atoms with E-state index in [0.717, 1.165) is 4.90 Å². The Hall–Kier alpha value is -2.97.